The minimum absolute atomic E-state index is 0.612. The number of benzene rings is 1. The van der Waals surface area contributed by atoms with Gasteiger partial charge >= 0.3 is 0 Å². The third kappa shape index (κ3) is 5.58. The molecule has 7 heteroatoms. The van der Waals surface area contributed by atoms with Gasteiger partial charge in [-0.05, 0) is 17.7 Å². The third-order valence-corrected chi connectivity index (χ3v) is 4.85. The van der Waals surface area contributed by atoms with Crippen LogP contribution in [0, 0.1) is 0 Å². The van der Waals surface area contributed by atoms with E-state index in [4.69, 9.17) is 0 Å². The minimum Gasteiger partial charge on any atom is -0.363 e. The van der Waals surface area contributed by atoms with Gasteiger partial charge in [0, 0.05) is 38.9 Å². The summed E-state index contributed by atoms with van der Waals surface area (Å²) in [7, 11) is 0. The van der Waals surface area contributed by atoms with Crippen LogP contribution in [0.4, 0.5) is 11.8 Å². The Bertz CT molecular complexity index is 907. The predicted octanol–water partition coefficient (Wildman–Crippen LogP) is 2.71. The predicted molar refractivity (Wildman–Crippen MR) is 116 cm³/mol. The van der Waals surface area contributed by atoms with E-state index in [1.807, 2.05) is 24.3 Å². The molecule has 3 heterocycles. The molecule has 0 bridgehead atoms. The molecule has 29 heavy (non-hydrogen) atoms. The van der Waals surface area contributed by atoms with Gasteiger partial charge in [-0.3, -0.25) is 9.88 Å². The standard InChI is InChI=1S/C22H25N7/c1-2-7-19(8-3-1)9-6-12-28-13-15-29(16-14-28)22-26-21(18-25-27-22)24-17-20-10-4-5-11-23-20/h1-11,18H,12-17H2,(H,24,26,27)/b9-6+. The first-order valence-electron chi connectivity index (χ1n) is 9.89. The first kappa shape index (κ1) is 19.0. The summed E-state index contributed by atoms with van der Waals surface area (Å²) in [6.07, 6.45) is 7.84. The van der Waals surface area contributed by atoms with Crippen molar-refractivity contribution in [2.24, 2.45) is 0 Å². The number of rotatable bonds is 7. The summed E-state index contributed by atoms with van der Waals surface area (Å²) in [6, 6.07) is 16.3. The van der Waals surface area contributed by atoms with Crippen molar-refractivity contribution in [2.75, 3.05) is 42.9 Å². The number of pyridine rings is 1. The van der Waals surface area contributed by atoms with E-state index in [0.29, 0.717) is 18.3 Å². The number of hydrogen-bond donors (Lipinski definition) is 1. The molecule has 1 N–H and O–H groups in total. The Balaban J connectivity index is 1.26. The van der Waals surface area contributed by atoms with Gasteiger partial charge in [0.2, 0.25) is 5.95 Å². The highest BCUT2D eigenvalue weighted by molar-refractivity contribution is 5.48. The smallest absolute Gasteiger partial charge is 0.247 e. The maximum atomic E-state index is 4.62. The summed E-state index contributed by atoms with van der Waals surface area (Å²) in [6.45, 7) is 5.31. The lowest BCUT2D eigenvalue weighted by molar-refractivity contribution is 0.282. The zero-order valence-corrected chi connectivity index (χ0v) is 16.4. The number of aromatic nitrogens is 4. The molecule has 7 nitrogen and oxygen atoms in total. The van der Waals surface area contributed by atoms with Crippen LogP contribution in [0.5, 0.6) is 0 Å². The van der Waals surface area contributed by atoms with E-state index in [9.17, 15) is 0 Å². The van der Waals surface area contributed by atoms with Crippen molar-refractivity contribution in [1.29, 1.82) is 0 Å². The quantitative estimate of drug-likeness (QED) is 0.668. The molecule has 0 saturated carbocycles. The maximum Gasteiger partial charge on any atom is 0.247 e. The molecule has 0 aliphatic carbocycles. The number of piperazine rings is 1. The van der Waals surface area contributed by atoms with Crippen LogP contribution in [0.25, 0.3) is 6.08 Å². The SMILES string of the molecule is C(=C\c1ccccc1)/CN1CCN(c2nncc(NCc3ccccn3)n2)CC1. The van der Waals surface area contributed by atoms with Crippen LogP contribution in [0.3, 0.4) is 0 Å². The van der Waals surface area contributed by atoms with E-state index in [-0.39, 0.29) is 0 Å². The second-order valence-corrected chi connectivity index (χ2v) is 6.92. The van der Waals surface area contributed by atoms with Gasteiger partial charge in [0.25, 0.3) is 0 Å². The van der Waals surface area contributed by atoms with Crippen molar-refractivity contribution < 1.29 is 0 Å². The number of anilines is 2. The van der Waals surface area contributed by atoms with Crippen LogP contribution in [0.2, 0.25) is 0 Å². The minimum atomic E-state index is 0.612. The lowest BCUT2D eigenvalue weighted by Crippen LogP contribution is -2.47. The van der Waals surface area contributed by atoms with Gasteiger partial charge in [0.1, 0.15) is 0 Å². The molecule has 0 spiro atoms. The molecule has 1 fully saturated rings. The Morgan fingerprint density at radius 3 is 2.59 bits per heavy atom. The van der Waals surface area contributed by atoms with Crippen LogP contribution in [0.1, 0.15) is 11.3 Å². The fourth-order valence-corrected chi connectivity index (χ4v) is 3.23. The monoisotopic (exact) mass is 387 g/mol. The zero-order valence-electron chi connectivity index (χ0n) is 16.4. The lowest BCUT2D eigenvalue weighted by atomic mass is 10.2. The van der Waals surface area contributed by atoms with E-state index in [2.05, 4.69) is 71.7 Å². The number of nitrogens with zero attached hydrogens (tertiary/aromatic N) is 6. The van der Waals surface area contributed by atoms with Crippen molar-refractivity contribution in [3.8, 4) is 0 Å². The molecule has 1 saturated heterocycles. The second-order valence-electron chi connectivity index (χ2n) is 6.92. The Morgan fingerprint density at radius 2 is 1.79 bits per heavy atom. The van der Waals surface area contributed by atoms with E-state index in [1.165, 1.54) is 5.56 Å². The van der Waals surface area contributed by atoms with Gasteiger partial charge in [-0.25, -0.2) is 0 Å². The van der Waals surface area contributed by atoms with Crippen LogP contribution in [-0.4, -0.2) is 57.8 Å². The van der Waals surface area contributed by atoms with Crippen molar-refractivity contribution >= 4 is 17.8 Å². The molecular formula is C22H25N7. The molecule has 0 unspecified atom stereocenters. The van der Waals surface area contributed by atoms with Crippen molar-refractivity contribution in [2.45, 2.75) is 6.54 Å². The Morgan fingerprint density at radius 1 is 0.966 bits per heavy atom. The normalized spacial score (nSPS) is 15.0. The molecule has 2 aromatic heterocycles. The molecule has 148 valence electrons. The van der Waals surface area contributed by atoms with E-state index < -0.39 is 0 Å². The van der Waals surface area contributed by atoms with Gasteiger partial charge in [0.15, 0.2) is 5.82 Å². The molecule has 0 amide bonds. The highest BCUT2D eigenvalue weighted by Crippen LogP contribution is 2.13. The fourth-order valence-electron chi connectivity index (χ4n) is 3.23. The Hall–Kier alpha value is -3.32. The van der Waals surface area contributed by atoms with Crippen molar-refractivity contribution in [1.82, 2.24) is 25.1 Å². The van der Waals surface area contributed by atoms with Crippen LogP contribution >= 0.6 is 0 Å². The highest BCUT2D eigenvalue weighted by atomic mass is 15.4. The van der Waals surface area contributed by atoms with Crippen molar-refractivity contribution in [3.05, 3.63) is 78.3 Å². The molecular weight excluding hydrogens is 362 g/mol. The summed E-state index contributed by atoms with van der Waals surface area (Å²) in [4.78, 5) is 13.6. The Kier molecular flexibility index (Phi) is 6.39. The van der Waals surface area contributed by atoms with E-state index in [0.717, 1.165) is 38.4 Å². The van der Waals surface area contributed by atoms with Crippen molar-refractivity contribution in [3.63, 3.8) is 0 Å². The average molecular weight is 387 g/mol. The maximum absolute atomic E-state index is 4.62. The topological polar surface area (TPSA) is 70.1 Å². The summed E-state index contributed by atoms with van der Waals surface area (Å²) >= 11 is 0. The molecule has 0 radical (unpaired) electrons. The first-order valence-corrected chi connectivity index (χ1v) is 9.89. The van der Waals surface area contributed by atoms with E-state index in [1.54, 1.807) is 12.4 Å². The van der Waals surface area contributed by atoms with Gasteiger partial charge in [-0.2, -0.15) is 10.1 Å². The molecule has 3 aromatic rings. The summed E-state index contributed by atoms with van der Waals surface area (Å²) in [5.74, 6) is 1.39. The van der Waals surface area contributed by atoms with Gasteiger partial charge in [-0.1, -0.05) is 48.6 Å². The summed E-state index contributed by atoms with van der Waals surface area (Å²) < 4.78 is 0. The molecule has 1 aliphatic heterocycles. The van der Waals surface area contributed by atoms with Crippen LogP contribution in [-0.2, 0) is 6.54 Å². The highest BCUT2D eigenvalue weighted by Gasteiger charge is 2.18. The third-order valence-electron chi connectivity index (χ3n) is 4.85. The zero-order chi connectivity index (χ0) is 19.7. The molecule has 1 aromatic carbocycles. The number of hydrogen-bond acceptors (Lipinski definition) is 7. The summed E-state index contributed by atoms with van der Waals surface area (Å²) in [5, 5.41) is 11.6. The van der Waals surface area contributed by atoms with Crippen LogP contribution < -0.4 is 10.2 Å². The van der Waals surface area contributed by atoms with Crippen LogP contribution in [0.15, 0.2) is 67.0 Å². The van der Waals surface area contributed by atoms with Gasteiger partial charge in [0.05, 0.1) is 18.4 Å². The number of nitrogens with one attached hydrogen (secondary N) is 1. The fraction of sp³-hybridized carbons (Fsp3) is 0.273. The first-order chi connectivity index (χ1) is 14.4. The van der Waals surface area contributed by atoms with Gasteiger partial charge < -0.3 is 10.2 Å². The Labute approximate surface area is 171 Å². The van der Waals surface area contributed by atoms with E-state index >= 15 is 0 Å². The molecule has 0 atom stereocenters. The molecule has 1 aliphatic rings. The average Bonchev–Trinajstić information content (AvgIpc) is 2.80. The summed E-state index contributed by atoms with van der Waals surface area (Å²) in [5.41, 5.74) is 2.20. The lowest BCUT2D eigenvalue weighted by Gasteiger charge is -2.33. The molecule has 4 rings (SSSR count). The largest absolute Gasteiger partial charge is 0.363 e. The second kappa shape index (κ2) is 9.75. The van der Waals surface area contributed by atoms with Gasteiger partial charge in [-0.15, -0.1) is 5.10 Å².